The van der Waals surface area contributed by atoms with E-state index in [1.807, 2.05) is 32.9 Å². The quantitative estimate of drug-likeness (QED) is 0.120. The molecule has 41 heavy (non-hydrogen) atoms. The molecule has 2 N–H and O–H groups in total. The zero-order valence-corrected chi connectivity index (χ0v) is 26.0. The van der Waals surface area contributed by atoms with Gasteiger partial charge in [-0.15, -0.1) is 0 Å². The van der Waals surface area contributed by atoms with Crippen molar-refractivity contribution in [2.24, 2.45) is 0 Å². The molecule has 1 fully saturated rings. The Morgan fingerprint density at radius 1 is 1.10 bits per heavy atom. The van der Waals surface area contributed by atoms with Crippen LogP contribution in [-0.2, 0) is 14.3 Å². The summed E-state index contributed by atoms with van der Waals surface area (Å²) < 4.78 is 7.64. The van der Waals surface area contributed by atoms with Gasteiger partial charge in [0.25, 0.3) is 11.5 Å². The van der Waals surface area contributed by atoms with Gasteiger partial charge in [0.05, 0.1) is 16.6 Å². The summed E-state index contributed by atoms with van der Waals surface area (Å²) in [5.74, 6) is -0.466. The highest BCUT2D eigenvalue weighted by atomic mass is 32.2. The third kappa shape index (κ3) is 10.2. The Morgan fingerprint density at radius 2 is 1.78 bits per heavy atom. The number of thiocarbonyl (C=S) groups is 1. The van der Waals surface area contributed by atoms with E-state index in [4.69, 9.17) is 27.0 Å². The van der Waals surface area contributed by atoms with Crippen molar-refractivity contribution in [1.82, 2.24) is 14.3 Å². The molecule has 0 unspecified atom stereocenters. The smallest absolute Gasteiger partial charge is 0.303 e. The molecule has 1 amide bonds. The second-order valence-electron chi connectivity index (χ2n) is 10.6. The van der Waals surface area contributed by atoms with E-state index in [1.165, 1.54) is 16.2 Å². The van der Waals surface area contributed by atoms with Crippen LogP contribution in [0, 0.1) is 6.92 Å². The molecule has 1 aliphatic heterocycles. The Kier molecular flexibility index (Phi) is 13.3. The lowest BCUT2D eigenvalue weighted by Crippen LogP contribution is -2.29. The first-order valence-electron chi connectivity index (χ1n) is 14.5. The average molecular weight is 603 g/mol. The van der Waals surface area contributed by atoms with Gasteiger partial charge >= 0.3 is 5.97 Å². The molecule has 0 atom stereocenters. The second-order valence-corrected chi connectivity index (χ2v) is 12.3. The number of fused-ring (bicyclic) bond motifs is 1. The monoisotopic (exact) mass is 602 g/mol. The molecule has 0 radical (unpaired) electrons. The number of aliphatic carboxylic acids is 1. The average Bonchev–Trinajstić information content (AvgIpc) is 3.18. The summed E-state index contributed by atoms with van der Waals surface area (Å²) in [7, 11) is 0. The predicted molar refractivity (Wildman–Crippen MR) is 169 cm³/mol. The van der Waals surface area contributed by atoms with Crippen molar-refractivity contribution >= 4 is 57.7 Å². The van der Waals surface area contributed by atoms with Crippen LogP contribution in [0.3, 0.4) is 0 Å². The lowest BCUT2D eigenvalue weighted by molar-refractivity contribution is -0.137. The predicted octanol–water partition coefficient (Wildman–Crippen LogP) is 6.03. The SMILES string of the molecule is Cc1ccc2nc(NCCCOC(C)C)c(C=C3SC(=S)N(CCCCCCCCCCC(=O)O)C3=O)c(=O)n2c1. The molecule has 1 saturated heterocycles. The number of aromatic nitrogens is 2. The standard InChI is InChI=1S/C30H42N4O5S2/c1-21(2)39-18-12-16-31-27-23(28(37)34-20-22(3)14-15-25(34)32-27)19-24-29(38)33(30(40)41-24)17-11-9-7-5-4-6-8-10-13-26(35)36/h14-15,19-21,31H,4-13,16-18H2,1-3H3,(H,35,36). The van der Waals surface area contributed by atoms with E-state index < -0.39 is 5.97 Å². The van der Waals surface area contributed by atoms with E-state index in [1.54, 1.807) is 17.2 Å². The minimum absolute atomic E-state index is 0.154. The van der Waals surface area contributed by atoms with E-state index in [2.05, 4.69) is 5.32 Å². The number of carbonyl (C=O) groups is 2. The highest BCUT2D eigenvalue weighted by Crippen LogP contribution is 2.33. The Morgan fingerprint density at radius 3 is 2.46 bits per heavy atom. The summed E-state index contributed by atoms with van der Waals surface area (Å²) >= 11 is 6.75. The molecule has 0 aliphatic carbocycles. The van der Waals surface area contributed by atoms with Gasteiger partial charge in [-0.3, -0.25) is 23.7 Å². The normalized spacial score (nSPS) is 14.6. The van der Waals surface area contributed by atoms with Crippen LogP contribution < -0.4 is 10.9 Å². The van der Waals surface area contributed by atoms with Crippen molar-refractivity contribution in [3.05, 3.63) is 44.7 Å². The zero-order chi connectivity index (χ0) is 29.8. The van der Waals surface area contributed by atoms with Crippen LogP contribution in [-0.4, -0.2) is 61.4 Å². The van der Waals surface area contributed by atoms with Crippen molar-refractivity contribution < 1.29 is 19.4 Å². The molecule has 0 bridgehead atoms. The first kappa shape index (κ1) is 32.8. The fourth-order valence-corrected chi connectivity index (χ4v) is 5.84. The number of hydrogen-bond donors (Lipinski definition) is 2. The molecule has 3 heterocycles. The molecular formula is C30H42N4O5S2. The number of unbranched alkanes of at least 4 members (excludes halogenated alkanes) is 7. The largest absolute Gasteiger partial charge is 0.481 e. The highest BCUT2D eigenvalue weighted by molar-refractivity contribution is 8.26. The topological polar surface area (TPSA) is 113 Å². The first-order valence-corrected chi connectivity index (χ1v) is 15.8. The number of thioether (sulfide) groups is 1. The molecule has 11 heteroatoms. The van der Waals surface area contributed by atoms with Crippen LogP contribution in [0.1, 0.15) is 89.2 Å². The van der Waals surface area contributed by atoms with Crippen molar-refractivity contribution in [1.29, 1.82) is 0 Å². The fourth-order valence-electron chi connectivity index (χ4n) is 4.55. The minimum Gasteiger partial charge on any atom is -0.481 e. The number of anilines is 1. The summed E-state index contributed by atoms with van der Waals surface area (Å²) in [5, 5.41) is 12.0. The van der Waals surface area contributed by atoms with Gasteiger partial charge in [0.2, 0.25) is 0 Å². The van der Waals surface area contributed by atoms with E-state index in [0.29, 0.717) is 46.0 Å². The number of nitrogens with one attached hydrogen (secondary N) is 1. The molecule has 224 valence electrons. The first-order chi connectivity index (χ1) is 19.7. The minimum atomic E-state index is -0.730. The van der Waals surface area contributed by atoms with Crippen LogP contribution in [0.4, 0.5) is 5.82 Å². The van der Waals surface area contributed by atoms with Gasteiger partial charge in [0.15, 0.2) is 0 Å². The lowest BCUT2D eigenvalue weighted by atomic mass is 10.1. The third-order valence-corrected chi connectivity index (χ3v) is 8.12. The molecule has 9 nitrogen and oxygen atoms in total. The second kappa shape index (κ2) is 16.6. The number of pyridine rings is 1. The van der Waals surface area contributed by atoms with E-state index in [0.717, 1.165) is 63.4 Å². The van der Waals surface area contributed by atoms with E-state index in [9.17, 15) is 14.4 Å². The van der Waals surface area contributed by atoms with Gasteiger partial charge in [-0.05, 0) is 57.7 Å². The van der Waals surface area contributed by atoms with Gasteiger partial charge in [-0.2, -0.15) is 0 Å². The summed E-state index contributed by atoms with van der Waals surface area (Å²) in [6.45, 7) is 7.62. The van der Waals surface area contributed by atoms with Crippen LogP contribution >= 0.6 is 24.0 Å². The molecule has 3 rings (SSSR count). The molecule has 2 aromatic rings. The van der Waals surface area contributed by atoms with Crippen molar-refractivity contribution in [2.75, 3.05) is 25.0 Å². The highest BCUT2D eigenvalue weighted by Gasteiger charge is 2.32. The van der Waals surface area contributed by atoms with Gasteiger partial charge < -0.3 is 15.2 Å². The summed E-state index contributed by atoms with van der Waals surface area (Å²) in [6.07, 6.45) is 12.4. The number of aryl methyl sites for hydroxylation is 1. The number of amides is 1. The Balaban J connectivity index is 1.62. The summed E-state index contributed by atoms with van der Waals surface area (Å²) in [5.41, 5.74) is 1.56. The van der Waals surface area contributed by atoms with Gasteiger partial charge in [-0.25, -0.2) is 4.98 Å². The van der Waals surface area contributed by atoms with E-state index >= 15 is 0 Å². The van der Waals surface area contributed by atoms with Crippen molar-refractivity contribution in [3.8, 4) is 0 Å². The Bertz CT molecular complexity index is 1310. The number of carboxylic acids is 1. The Labute approximate surface area is 251 Å². The molecule has 2 aromatic heterocycles. The maximum absolute atomic E-state index is 13.5. The third-order valence-electron chi connectivity index (χ3n) is 6.74. The fraction of sp³-hybridized carbons (Fsp3) is 0.567. The Hall–Kier alpha value is -2.76. The number of hydrogen-bond acceptors (Lipinski definition) is 8. The molecule has 0 spiro atoms. The molecule has 0 saturated carbocycles. The number of carboxylic acid groups (broad SMARTS) is 1. The summed E-state index contributed by atoms with van der Waals surface area (Å²) in [4.78, 5) is 44.1. The lowest BCUT2D eigenvalue weighted by Gasteiger charge is -2.14. The molecular weight excluding hydrogens is 560 g/mol. The number of ether oxygens (including phenoxy) is 1. The van der Waals surface area contributed by atoms with E-state index in [-0.39, 0.29) is 24.0 Å². The maximum Gasteiger partial charge on any atom is 0.303 e. The maximum atomic E-state index is 13.5. The number of carbonyl (C=O) groups excluding carboxylic acids is 1. The van der Waals surface area contributed by atoms with Crippen LogP contribution in [0.15, 0.2) is 28.0 Å². The number of rotatable bonds is 18. The van der Waals surface area contributed by atoms with Gasteiger partial charge in [0.1, 0.15) is 15.8 Å². The summed E-state index contributed by atoms with van der Waals surface area (Å²) in [6, 6.07) is 3.72. The number of nitrogens with zero attached hydrogens (tertiary/aromatic N) is 3. The van der Waals surface area contributed by atoms with Crippen LogP contribution in [0.5, 0.6) is 0 Å². The van der Waals surface area contributed by atoms with Gasteiger partial charge in [0, 0.05) is 32.3 Å². The molecule has 0 aromatic carbocycles. The van der Waals surface area contributed by atoms with Gasteiger partial charge in [-0.1, -0.05) is 68.6 Å². The zero-order valence-electron chi connectivity index (χ0n) is 24.3. The molecule has 1 aliphatic rings. The van der Waals surface area contributed by atoms with Crippen molar-refractivity contribution in [2.45, 2.75) is 91.1 Å². The van der Waals surface area contributed by atoms with Crippen molar-refractivity contribution in [3.63, 3.8) is 0 Å². The van der Waals surface area contributed by atoms with Crippen LogP contribution in [0.25, 0.3) is 11.7 Å². The van der Waals surface area contributed by atoms with Crippen LogP contribution in [0.2, 0.25) is 0 Å².